The smallest absolute Gasteiger partial charge is 0.327 e. The third-order valence-corrected chi connectivity index (χ3v) is 3.04. The lowest BCUT2D eigenvalue weighted by Gasteiger charge is -2.10. The highest BCUT2D eigenvalue weighted by Crippen LogP contribution is 2.11. The maximum atomic E-state index is 11.9. The summed E-state index contributed by atoms with van der Waals surface area (Å²) in [6, 6.07) is 6.92. The lowest BCUT2D eigenvalue weighted by molar-refractivity contribution is -0.139. The van der Waals surface area contributed by atoms with Gasteiger partial charge in [-0.1, -0.05) is 12.1 Å². The second kappa shape index (κ2) is 8.31. The fraction of sp³-hybridized carbons (Fsp3) is 0.357. The average molecular weight is 309 g/mol. The van der Waals surface area contributed by atoms with Gasteiger partial charge in [0.2, 0.25) is 0 Å². The van der Waals surface area contributed by atoms with Crippen LogP contribution in [-0.4, -0.2) is 30.0 Å². The molecule has 0 aliphatic carbocycles. The van der Waals surface area contributed by atoms with Crippen LogP contribution in [0.4, 0.5) is 0 Å². The molecule has 0 aromatic heterocycles. The average Bonchev–Trinajstić information content (AvgIpc) is 2.44. The summed E-state index contributed by atoms with van der Waals surface area (Å²) in [5.41, 5.74) is 5.73. The number of benzene rings is 1. The van der Waals surface area contributed by atoms with Crippen molar-refractivity contribution in [1.29, 1.82) is 0 Å². The Morgan fingerprint density at radius 2 is 1.86 bits per heavy atom. The zero-order valence-corrected chi connectivity index (χ0v) is 13.0. The van der Waals surface area contributed by atoms with Gasteiger partial charge in [-0.05, 0) is 37.8 Å². The van der Waals surface area contributed by atoms with E-state index in [2.05, 4.69) is 16.2 Å². The number of hydrazine groups is 1. The van der Waals surface area contributed by atoms with Crippen molar-refractivity contribution in [1.82, 2.24) is 16.2 Å². The van der Waals surface area contributed by atoms with E-state index in [1.54, 1.807) is 43.8 Å². The number of carbonyl (C=O) groups excluding carboxylic acids is 3. The van der Waals surface area contributed by atoms with Crippen molar-refractivity contribution >= 4 is 29.5 Å². The lowest BCUT2D eigenvalue weighted by atomic mass is 10.1. The van der Waals surface area contributed by atoms with Gasteiger partial charge in [0, 0.05) is 17.4 Å². The summed E-state index contributed by atoms with van der Waals surface area (Å²) in [7, 11) is 0. The largest absolute Gasteiger partial charge is 0.346 e. The molecule has 3 N–H and O–H groups in total. The maximum absolute atomic E-state index is 11.9. The second-order valence-corrected chi connectivity index (χ2v) is 5.54. The monoisotopic (exact) mass is 309 g/mol. The first-order valence-electron chi connectivity index (χ1n) is 6.43. The molecule has 7 heteroatoms. The molecule has 0 saturated heterocycles. The third kappa shape index (κ3) is 5.86. The van der Waals surface area contributed by atoms with Gasteiger partial charge in [-0.15, -0.1) is 0 Å². The van der Waals surface area contributed by atoms with E-state index in [9.17, 15) is 14.4 Å². The zero-order chi connectivity index (χ0) is 15.8. The van der Waals surface area contributed by atoms with E-state index in [0.29, 0.717) is 5.56 Å². The summed E-state index contributed by atoms with van der Waals surface area (Å²) in [6.45, 7) is 3.47. The quantitative estimate of drug-likeness (QED) is 0.568. The maximum Gasteiger partial charge on any atom is 0.327 e. The minimum atomic E-state index is -0.905. The predicted octanol–water partition coefficient (Wildman–Crippen LogP) is 0.835. The second-order valence-electron chi connectivity index (χ2n) is 4.67. The van der Waals surface area contributed by atoms with Crippen LogP contribution in [0.25, 0.3) is 0 Å². The zero-order valence-electron chi connectivity index (χ0n) is 12.2. The molecule has 0 spiro atoms. The first kappa shape index (κ1) is 17.0. The summed E-state index contributed by atoms with van der Waals surface area (Å²) >= 11 is 1.65. The fourth-order valence-electron chi connectivity index (χ4n) is 1.54. The number of nitrogens with one attached hydrogen (secondary N) is 3. The molecule has 0 fully saturated rings. The van der Waals surface area contributed by atoms with Crippen LogP contribution in [0.3, 0.4) is 0 Å². The Hall–Kier alpha value is -2.02. The molecule has 0 aliphatic rings. The highest BCUT2D eigenvalue weighted by molar-refractivity contribution is 7.97. The van der Waals surface area contributed by atoms with Gasteiger partial charge < -0.3 is 5.32 Å². The standard InChI is InChI=1S/C14H19N3O3S/c1-9(2)15-13(19)14(20)17-16-12(18)11-6-4-5-10(7-11)8-21-3/h4-7,9H,8H2,1-3H3,(H,15,19)(H,16,18)(H,17,20). The van der Waals surface area contributed by atoms with Gasteiger partial charge in [0.1, 0.15) is 0 Å². The van der Waals surface area contributed by atoms with E-state index in [1.165, 1.54) is 0 Å². The molecule has 1 aromatic carbocycles. The molecule has 21 heavy (non-hydrogen) atoms. The summed E-state index contributed by atoms with van der Waals surface area (Å²) in [6.07, 6.45) is 1.97. The van der Waals surface area contributed by atoms with Gasteiger partial charge in [-0.3, -0.25) is 25.2 Å². The summed E-state index contributed by atoms with van der Waals surface area (Å²) in [5, 5.41) is 2.43. The third-order valence-electron chi connectivity index (χ3n) is 2.42. The Balaban J connectivity index is 2.55. The Labute approximate surface area is 128 Å². The van der Waals surface area contributed by atoms with E-state index in [1.807, 2.05) is 12.3 Å². The summed E-state index contributed by atoms with van der Waals surface area (Å²) in [5.74, 6) is -1.37. The van der Waals surface area contributed by atoms with Crippen molar-refractivity contribution in [3.05, 3.63) is 35.4 Å². The summed E-state index contributed by atoms with van der Waals surface area (Å²) < 4.78 is 0. The molecule has 0 aliphatic heterocycles. The molecule has 6 nitrogen and oxygen atoms in total. The van der Waals surface area contributed by atoms with Crippen LogP contribution in [0.15, 0.2) is 24.3 Å². The fourth-order valence-corrected chi connectivity index (χ4v) is 2.05. The number of hydrogen-bond acceptors (Lipinski definition) is 4. The molecular weight excluding hydrogens is 290 g/mol. The molecule has 0 saturated carbocycles. The van der Waals surface area contributed by atoms with Gasteiger partial charge in [-0.2, -0.15) is 11.8 Å². The van der Waals surface area contributed by atoms with E-state index in [-0.39, 0.29) is 6.04 Å². The Kier molecular flexibility index (Phi) is 6.74. The molecule has 0 unspecified atom stereocenters. The Morgan fingerprint density at radius 3 is 2.48 bits per heavy atom. The molecular formula is C14H19N3O3S. The van der Waals surface area contributed by atoms with Gasteiger partial charge >= 0.3 is 11.8 Å². The van der Waals surface area contributed by atoms with E-state index in [4.69, 9.17) is 0 Å². The highest BCUT2D eigenvalue weighted by atomic mass is 32.2. The normalized spacial score (nSPS) is 10.1. The Morgan fingerprint density at radius 1 is 1.14 bits per heavy atom. The van der Waals surface area contributed by atoms with Gasteiger partial charge in [-0.25, -0.2) is 0 Å². The first-order chi connectivity index (χ1) is 9.93. The summed E-state index contributed by atoms with van der Waals surface area (Å²) in [4.78, 5) is 34.7. The molecule has 0 heterocycles. The molecule has 3 amide bonds. The minimum absolute atomic E-state index is 0.151. The van der Waals surface area contributed by atoms with Gasteiger partial charge in [0.05, 0.1) is 0 Å². The van der Waals surface area contributed by atoms with Crippen LogP contribution in [0.1, 0.15) is 29.8 Å². The van der Waals surface area contributed by atoms with Crippen LogP contribution in [0, 0.1) is 0 Å². The van der Waals surface area contributed by atoms with Crippen molar-refractivity contribution < 1.29 is 14.4 Å². The van der Waals surface area contributed by atoms with Crippen molar-refractivity contribution in [2.75, 3.05) is 6.26 Å². The van der Waals surface area contributed by atoms with Gasteiger partial charge in [0.25, 0.3) is 5.91 Å². The molecule has 1 aromatic rings. The molecule has 0 bridgehead atoms. The molecule has 0 atom stereocenters. The van der Waals surface area contributed by atoms with E-state index >= 15 is 0 Å². The number of carbonyl (C=O) groups is 3. The lowest BCUT2D eigenvalue weighted by Crippen LogP contribution is -2.49. The van der Waals surface area contributed by atoms with Crippen molar-refractivity contribution in [2.45, 2.75) is 25.6 Å². The van der Waals surface area contributed by atoms with Crippen molar-refractivity contribution in [2.24, 2.45) is 0 Å². The van der Waals surface area contributed by atoms with Gasteiger partial charge in [0.15, 0.2) is 0 Å². The van der Waals surface area contributed by atoms with Crippen LogP contribution in [0.5, 0.6) is 0 Å². The number of rotatable bonds is 4. The number of hydrogen-bond donors (Lipinski definition) is 3. The van der Waals surface area contributed by atoms with E-state index in [0.717, 1.165) is 11.3 Å². The molecule has 0 radical (unpaired) electrons. The Bertz CT molecular complexity index is 532. The molecule has 1 rings (SSSR count). The van der Waals surface area contributed by atoms with Crippen molar-refractivity contribution in [3.63, 3.8) is 0 Å². The minimum Gasteiger partial charge on any atom is -0.346 e. The van der Waals surface area contributed by atoms with Crippen LogP contribution in [-0.2, 0) is 15.3 Å². The number of thioether (sulfide) groups is 1. The van der Waals surface area contributed by atoms with Crippen LogP contribution in [0.2, 0.25) is 0 Å². The van der Waals surface area contributed by atoms with Crippen molar-refractivity contribution in [3.8, 4) is 0 Å². The highest BCUT2D eigenvalue weighted by Gasteiger charge is 2.15. The first-order valence-corrected chi connectivity index (χ1v) is 7.82. The van der Waals surface area contributed by atoms with Crippen LogP contribution < -0.4 is 16.2 Å². The SMILES string of the molecule is CSCc1cccc(C(=O)NNC(=O)C(=O)NC(C)C)c1. The predicted molar refractivity (Wildman–Crippen MR) is 82.5 cm³/mol. The van der Waals surface area contributed by atoms with E-state index < -0.39 is 17.7 Å². The molecule has 114 valence electrons. The number of amides is 3. The van der Waals surface area contributed by atoms with Crippen LogP contribution >= 0.6 is 11.8 Å². The topological polar surface area (TPSA) is 87.3 Å².